The summed E-state index contributed by atoms with van der Waals surface area (Å²) in [5.74, 6) is -3.82. The van der Waals surface area contributed by atoms with Gasteiger partial charge in [-0.3, -0.25) is 14.4 Å². The molecule has 6 nitrogen and oxygen atoms in total. The SMILES string of the molecule is O=C(Nc1ccc(N2CCCC2=O)cc1)C(=O)Nc1ccc(F)cc1F. The van der Waals surface area contributed by atoms with Crippen molar-refractivity contribution in [2.45, 2.75) is 12.8 Å². The van der Waals surface area contributed by atoms with Crippen molar-refractivity contribution in [3.05, 3.63) is 54.1 Å². The summed E-state index contributed by atoms with van der Waals surface area (Å²) in [5.41, 5.74) is 0.762. The quantitative estimate of drug-likeness (QED) is 0.827. The van der Waals surface area contributed by atoms with Crippen molar-refractivity contribution < 1.29 is 23.2 Å². The van der Waals surface area contributed by atoms with Crippen LogP contribution >= 0.6 is 0 Å². The number of hydrogen-bond donors (Lipinski definition) is 2. The van der Waals surface area contributed by atoms with Crippen LogP contribution in [0.2, 0.25) is 0 Å². The van der Waals surface area contributed by atoms with Gasteiger partial charge in [0.05, 0.1) is 5.69 Å². The molecule has 0 bridgehead atoms. The Morgan fingerprint density at radius 2 is 1.65 bits per heavy atom. The first kappa shape index (κ1) is 17.5. The summed E-state index contributed by atoms with van der Waals surface area (Å²) >= 11 is 0. The maximum absolute atomic E-state index is 13.5. The number of amides is 3. The van der Waals surface area contributed by atoms with Crippen LogP contribution in [0.25, 0.3) is 0 Å². The number of carbonyl (C=O) groups excluding carboxylic acids is 3. The molecule has 1 aliphatic heterocycles. The monoisotopic (exact) mass is 359 g/mol. The standard InChI is InChI=1S/C18H15F2N3O3/c19-11-3-8-15(14(20)10-11)22-18(26)17(25)21-12-4-6-13(7-5-12)23-9-1-2-16(23)24/h3-8,10H,1-2,9H2,(H,21,25)(H,22,26). The predicted molar refractivity (Wildman–Crippen MR) is 91.6 cm³/mol. The fourth-order valence-electron chi connectivity index (χ4n) is 2.60. The van der Waals surface area contributed by atoms with Gasteiger partial charge in [-0.1, -0.05) is 0 Å². The molecule has 1 heterocycles. The maximum atomic E-state index is 13.5. The van der Waals surface area contributed by atoms with Crippen LogP contribution in [0.5, 0.6) is 0 Å². The first-order valence-corrected chi connectivity index (χ1v) is 7.92. The molecule has 1 aliphatic rings. The number of nitrogens with zero attached hydrogens (tertiary/aromatic N) is 1. The molecule has 3 rings (SSSR count). The van der Waals surface area contributed by atoms with E-state index in [4.69, 9.17) is 0 Å². The van der Waals surface area contributed by atoms with Crippen LogP contribution in [0.1, 0.15) is 12.8 Å². The minimum absolute atomic E-state index is 0.0440. The van der Waals surface area contributed by atoms with Gasteiger partial charge in [0, 0.05) is 30.4 Å². The molecule has 0 atom stereocenters. The van der Waals surface area contributed by atoms with Gasteiger partial charge in [-0.05, 0) is 42.8 Å². The van der Waals surface area contributed by atoms with Crippen LogP contribution in [0.15, 0.2) is 42.5 Å². The highest BCUT2D eigenvalue weighted by atomic mass is 19.1. The molecule has 1 fully saturated rings. The second kappa shape index (κ2) is 7.30. The lowest BCUT2D eigenvalue weighted by molar-refractivity contribution is -0.133. The summed E-state index contributed by atoms with van der Waals surface area (Å²) in [6.45, 7) is 0.649. The van der Waals surface area contributed by atoms with Crippen molar-refractivity contribution in [1.82, 2.24) is 0 Å². The minimum atomic E-state index is -1.09. The zero-order valence-corrected chi connectivity index (χ0v) is 13.6. The Balaban J connectivity index is 1.62. The molecule has 2 N–H and O–H groups in total. The van der Waals surface area contributed by atoms with Crippen molar-refractivity contribution in [2.75, 3.05) is 22.1 Å². The first-order valence-electron chi connectivity index (χ1n) is 7.92. The summed E-state index contributed by atoms with van der Waals surface area (Å²) in [6.07, 6.45) is 1.32. The van der Waals surface area contributed by atoms with Crippen molar-refractivity contribution >= 4 is 34.8 Å². The van der Waals surface area contributed by atoms with Crippen molar-refractivity contribution in [2.24, 2.45) is 0 Å². The smallest absolute Gasteiger partial charge is 0.314 e. The highest BCUT2D eigenvalue weighted by molar-refractivity contribution is 6.43. The molecule has 1 saturated heterocycles. The van der Waals surface area contributed by atoms with E-state index in [0.29, 0.717) is 30.4 Å². The number of hydrogen-bond acceptors (Lipinski definition) is 3. The molecule has 0 spiro atoms. The average molecular weight is 359 g/mol. The van der Waals surface area contributed by atoms with Crippen LogP contribution in [-0.2, 0) is 14.4 Å². The van der Waals surface area contributed by atoms with E-state index in [9.17, 15) is 23.2 Å². The Kier molecular flexibility index (Phi) is 4.92. The number of benzene rings is 2. The van der Waals surface area contributed by atoms with Crippen molar-refractivity contribution in [3.8, 4) is 0 Å². The Morgan fingerprint density at radius 1 is 0.962 bits per heavy atom. The van der Waals surface area contributed by atoms with Crippen LogP contribution in [0, 0.1) is 11.6 Å². The number of carbonyl (C=O) groups is 3. The molecular weight excluding hydrogens is 344 g/mol. The fraction of sp³-hybridized carbons (Fsp3) is 0.167. The van der Waals surface area contributed by atoms with E-state index in [1.165, 1.54) is 0 Å². The zero-order chi connectivity index (χ0) is 18.7. The number of nitrogens with one attached hydrogen (secondary N) is 2. The topological polar surface area (TPSA) is 78.5 Å². The van der Waals surface area contributed by atoms with Gasteiger partial charge in [-0.25, -0.2) is 8.78 Å². The summed E-state index contributed by atoms with van der Waals surface area (Å²) in [6, 6.07) is 9.04. The Labute approximate surface area is 147 Å². The molecular formula is C18H15F2N3O3. The third-order valence-electron chi connectivity index (χ3n) is 3.90. The van der Waals surface area contributed by atoms with Gasteiger partial charge in [-0.2, -0.15) is 0 Å². The summed E-state index contributed by atoms with van der Waals surface area (Å²) in [4.78, 5) is 37.1. The lowest BCUT2D eigenvalue weighted by Gasteiger charge is -2.16. The average Bonchev–Trinajstić information content (AvgIpc) is 3.04. The molecule has 134 valence electrons. The van der Waals surface area contributed by atoms with Crippen molar-refractivity contribution in [1.29, 1.82) is 0 Å². The highest BCUT2D eigenvalue weighted by Gasteiger charge is 2.22. The number of anilines is 3. The Hall–Kier alpha value is -3.29. The number of halogens is 2. The van der Waals surface area contributed by atoms with E-state index < -0.39 is 23.4 Å². The second-order valence-corrected chi connectivity index (χ2v) is 5.73. The second-order valence-electron chi connectivity index (χ2n) is 5.73. The van der Waals surface area contributed by atoms with Crippen LogP contribution in [0.3, 0.4) is 0 Å². The van der Waals surface area contributed by atoms with Gasteiger partial charge < -0.3 is 15.5 Å². The van der Waals surface area contributed by atoms with E-state index in [-0.39, 0.29) is 11.6 Å². The summed E-state index contributed by atoms with van der Waals surface area (Å²) in [7, 11) is 0. The number of rotatable bonds is 3. The third-order valence-corrected chi connectivity index (χ3v) is 3.90. The molecule has 8 heteroatoms. The van der Waals surface area contributed by atoms with Gasteiger partial charge in [-0.15, -0.1) is 0 Å². The van der Waals surface area contributed by atoms with Crippen LogP contribution < -0.4 is 15.5 Å². The molecule has 0 saturated carbocycles. The van der Waals surface area contributed by atoms with E-state index in [1.807, 2.05) is 0 Å². The lowest BCUT2D eigenvalue weighted by atomic mass is 10.2. The lowest BCUT2D eigenvalue weighted by Crippen LogP contribution is -2.29. The largest absolute Gasteiger partial charge is 0.318 e. The van der Waals surface area contributed by atoms with Gasteiger partial charge in [0.1, 0.15) is 11.6 Å². The fourth-order valence-corrected chi connectivity index (χ4v) is 2.60. The highest BCUT2D eigenvalue weighted by Crippen LogP contribution is 2.23. The van der Waals surface area contributed by atoms with E-state index in [2.05, 4.69) is 10.6 Å². The predicted octanol–water partition coefficient (Wildman–Crippen LogP) is 2.67. The Bertz CT molecular complexity index is 868. The molecule has 26 heavy (non-hydrogen) atoms. The van der Waals surface area contributed by atoms with Crippen LogP contribution in [0.4, 0.5) is 25.8 Å². The summed E-state index contributed by atoms with van der Waals surface area (Å²) in [5, 5.41) is 4.44. The van der Waals surface area contributed by atoms with E-state index in [0.717, 1.165) is 18.6 Å². The van der Waals surface area contributed by atoms with Gasteiger partial charge in [0.25, 0.3) is 0 Å². The summed E-state index contributed by atoms with van der Waals surface area (Å²) < 4.78 is 26.3. The third kappa shape index (κ3) is 3.85. The van der Waals surface area contributed by atoms with E-state index in [1.54, 1.807) is 29.2 Å². The van der Waals surface area contributed by atoms with Gasteiger partial charge in [0.2, 0.25) is 5.91 Å². The van der Waals surface area contributed by atoms with Gasteiger partial charge >= 0.3 is 11.8 Å². The van der Waals surface area contributed by atoms with Gasteiger partial charge in [0.15, 0.2) is 0 Å². The molecule has 2 aromatic carbocycles. The minimum Gasteiger partial charge on any atom is -0.318 e. The molecule has 3 amide bonds. The molecule has 0 aromatic heterocycles. The Morgan fingerprint density at radius 3 is 2.27 bits per heavy atom. The molecule has 0 unspecified atom stereocenters. The maximum Gasteiger partial charge on any atom is 0.314 e. The normalized spacial score (nSPS) is 13.6. The van der Waals surface area contributed by atoms with Crippen LogP contribution in [-0.4, -0.2) is 24.3 Å². The molecule has 2 aromatic rings. The zero-order valence-electron chi connectivity index (χ0n) is 13.6. The molecule has 0 aliphatic carbocycles. The first-order chi connectivity index (χ1) is 12.4. The van der Waals surface area contributed by atoms with E-state index >= 15 is 0 Å². The molecule has 0 radical (unpaired) electrons. The van der Waals surface area contributed by atoms with Crippen molar-refractivity contribution in [3.63, 3.8) is 0 Å².